The van der Waals surface area contributed by atoms with E-state index >= 15 is 0 Å². The summed E-state index contributed by atoms with van der Waals surface area (Å²) in [6.07, 6.45) is 0. The first kappa shape index (κ1) is 14.1. The summed E-state index contributed by atoms with van der Waals surface area (Å²) in [6, 6.07) is 3.19. The fraction of sp³-hybridized carbons (Fsp3) is 0.500. The van der Waals surface area contributed by atoms with E-state index in [1.165, 1.54) is 0 Å². The van der Waals surface area contributed by atoms with Gasteiger partial charge in [-0.15, -0.1) is 0 Å². The molecule has 1 fully saturated rings. The van der Waals surface area contributed by atoms with Crippen LogP contribution in [0.4, 0.5) is 0 Å². The monoisotopic (exact) mass is 329 g/mol. The minimum absolute atomic E-state index is 0.000860. The Kier molecular flexibility index (Phi) is 4.60. The Morgan fingerprint density at radius 1 is 1.32 bits per heavy atom. The Morgan fingerprint density at radius 2 is 2.00 bits per heavy atom. The second-order valence-corrected chi connectivity index (χ2v) is 5.25. The van der Waals surface area contributed by atoms with Gasteiger partial charge in [-0.25, -0.2) is 0 Å². The average Bonchev–Trinajstić information content (AvgIpc) is 2.83. The summed E-state index contributed by atoms with van der Waals surface area (Å²) in [4.78, 5) is 27.5. The molecule has 2 rings (SSSR count). The minimum Gasteiger partial charge on any atom is -0.444 e. The summed E-state index contributed by atoms with van der Waals surface area (Å²) < 4.78 is 5.60. The van der Waals surface area contributed by atoms with E-state index in [-0.39, 0.29) is 24.1 Å². The van der Waals surface area contributed by atoms with Gasteiger partial charge in [0.2, 0.25) is 5.91 Å². The second kappa shape index (κ2) is 6.21. The molecule has 0 radical (unpaired) electrons. The van der Waals surface area contributed by atoms with Gasteiger partial charge >= 0.3 is 0 Å². The lowest BCUT2D eigenvalue weighted by atomic mass is 10.3. The van der Waals surface area contributed by atoms with E-state index < -0.39 is 0 Å². The number of halogens is 1. The van der Waals surface area contributed by atoms with Crippen molar-refractivity contribution in [2.75, 3.05) is 39.8 Å². The summed E-state index contributed by atoms with van der Waals surface area (Å²) >= 11 is 3.12. The van der Waals surface area contributed by atoms with Crippen molar-refractivity contribution >= 4 is 27.7 Å². The molecule has 19 heavy (non-hydrogen) atoms. The van der Waals surface area contributed by atoms with E-state index in [0.29, 0.717) is 17.8 Å². The number of nitrogens with zero attached hydrogens (tertiary/aromatic N) is 2. The van der Waals surface area contributed by atoms with Crippen LogP contribution in [0.25, 0.3) is 0 Å². The minimum atomic E-state index is -0.381. The molecule has 2 amide bonds. The molecule has 1 aromatic rings. The molecule has 1 aliphatic rings. The molecule has 0 aromatic carbocycles. The molecule has 7 heteroatoms. The van der Waals surface area contributed by atoms with Crippen molar-refractivity contribution in [1.29, 1.82) is 0 Å². The van der Waals surface area contributed by atoms with Gasteiger partial charge in [-0.3, -0.25) is 9.59 Å². The molecule has 0 unspecified atom stereocenters. The predicted octanol–water partition coefficient (Wildman–Crippen LogP) is 0.546. The second-order valence-electron chi connectivity index (χ2n) is 4.47. The average molecular weight is 330 g/mol. The van der Waals surface area contributed by atoms with Crippen molar-refractivity contribution in [2.45, 2.75) is 0 Å². The van der Waals surface area contributed by atoms with Gasteiger partial charge < -0.3 is 19.5 Å². The molecular formula is C12H16BrN3O3. The first-order chi connectivity index (χ1) is 9.06. The number of likely N-dealkylation sites (N-methyl/N-ethyl adjacent to an activating group) is 1. The first-order valence-electron chi connectivity index (χ1n) is 6.06. The highest BCUT2D eigenvalue weighted by molar-refractivity contribution is 9.10. The van der Waals surface area contributed by atoms with Gasteiger partial charge in [0.15, 0.2) is 10.4 Å². The van der Waals surface area contributed by atoms with Crippen LogP contribution in [0.3, 0.4) is 0 Å². The maximum atomic E-state index is 11.9. The number of furan rings is 1. The maximum absolute atomic E-state index is 11.9. The maximum Gasteiger partial charge on any atom is 0.287 e. The first-order valence-corrected chi connectivity index (χ1v) is 6.85. The van der Waals surface area contributed by atoms with Gasteiger partial charge in [-0.2, -0.15) is 0 Å². The van der Waals surface area contributed by atoms with Crippen molar-refractivity contribution in [3.05, 3.63) is 22.6 Å². The van der Waals surface area contributed by atoms with Gasteiger partial charge in [-0.05, 0) is 35.1 Å². The summed E-state index contributed by atoms with van der Waals surface area (Å²) in [5, 5.41) is 2.56. The van der Waals surface area contributed by atoms with E-state index in [2.05, 4.69) is 26.1 Å². The molecule has 1 aliphatic heterocycles. The lowest BCUT2D eigenvalue weighted by molar-refractivity contribution is -0.131. The van der Waals surface area contributed by atoms with Crippen molar-refractivity contribution < 1.29 is 14.0 Å². The Morgan fingerprint density at radius 3 is 2.58 bits per heavy atom. The Balaban J connectivity index is 1.79. The van der Waals surface area contributed by atoms with Crippen LogP contribution >= 0.6 is 15.9 Å². The third-order valence-electron chi connectivity index (χ3n) is 3.05. The largest absolute Gasteiger partial charge is 0.444 e. The van der Waals surface area contributed by atoms with Crippen molar-refractivity contribution in [3.8, 4) is 0 Å². The number of piperazine rings is 1. The zero-order valence-electron chi connectivity index (χ0n) is 10.7. The van der Waals surface area contributed by atoms with E-state index in [0.717, 1.165) is 13.1 Å². The summed E-state index contributed by atoms with van der Waals surface area (Å²) in [7, 11) is 2.03. The SMILES string of the molecule is CN1CCN(C(=O)CNC(=O)c2ccc(Br)o2)CC1. The number of nitrogens with one attached hydrogen (secondary N) is 1. The predicted molar refractivity (Wildman–Crippen MR) is 72.8 cm³/mol. The van der Waals surface area contributed by atoms with Crippen LogP contribution < -0.4 is 5.32 Å². The van der Waals surface area contributed by atoms with E-state index in [1.807, 2.05) is 7.05 Å². The van der Waals surface area contributed by atoms with Crippen LogP contribution in [0.5, 0.6) is 0 Å². The molecular weight excluding hydrogens is 314 g/mol. The molecule has 0 spiro atoms. The Bertz CT molecular complexity index is 467. The molecule has 0 atom stereocenters. The van der Waals surface area contributed by atoms with Crippen LogP contribution in [-0.2, 0) is 4.79 Å². The summed E-state index contributed by atoms with van der Waals surface area (Å²) in [5.74, 6) is -0.252. The Labute approximate surface area is 119 Å². The molecule has 1 N–H and O–H groups in total. The molecule has 0 aliphatic carbocycles. The zero-order valence-corrected chi connectivity index (χ0v) is 12.3. The molecule has 2 heterocycles. The lowest BCUT2D eigenvalue weighted by Gasteiger charge is -2.32. The fourth-order valence-electron chi connectivity index (χ4n) is 1.85. The van der Waals surface area contributed by atoms with E-state index in [4.69, 9.17) is 4.42 Å². The Hall–Kier alpha value is -1.34. The number of hydrogen-bond acceptors (Lipinski definition) is 4. The third-order valence-corrected chi connectivity index (χ3v) is 3.48. The van der Waals surface area contributed by atoms with Gasteiger partial charge in [0.05, 0.1) is 6.54 Å². The van der Waals surface area contributed by atoms with Crippen molar-refractivity contribution in [1.82, 2.24) is 15.1 Å². The van der Waals surface area contributed by atoms with Crippen molar-refractivity contribution in [2.24, 2.45) is 0 Å². The quantitative estimate of drug-likeness (QED) is 0.879. The number of hydrogen-bond donors (Lipinski definition) is 1. The smallest absolute Gasteiger partial charge is 0.287 e. The highest BCUT2D eigenvalue weighted by Gasteiger charge is 2.20. The molecule has 0 saturated carbocycles. The van der Waals surface area contributed by atoms with Gasteiger partial charge in [-0.1, -0.05) is 0 Å². The molecule has 0 bridgehead atoms. The standard InChI is InChI=1S/C12H16BrN3O3/c1-15-4-6-16(7-5-15)11(17)8-14-12(18)9-2-3-10(13)19-9/h2-3H,4-8H2,1H3,(H,14,18). The lowest BCUT2D eigenvalue weighted by Crippen LogP contribution is -2.50. The number of carbonyl (C=O) groups excluding carboxylic acids is 2. The third kappa shape index (κ3) is 3.81. The fourth-order valence-corrected chi connectivity index (χ4v) is 2.15. The van der Waals surface area contributed by atoms with Crippen LogP contribution in [0.2, 0.25) is 0 Å². The highest BCUT2D eigenvalue weighted by atomic mass is 79.9. The molecule has 1 aromatic heterocycles. The van der Waals surface area contributed by atoms with Gasteiger partial charge in [0, 0.05) is 26.2 Å². The number of amides is 2. The topological polar surface area (TPSA) is 65.8 Å². The molecule has 1 saturated heterocycles. The van der Waals surface area contributed by atoms with Gasteiger partial charge in [0.1, 0.15) is 0 Å². The summed E-state index contributed by atoms with van der Waals surface area (Å²) in [6.45, 7) is 3.14. The zero-order chi connectivity index (χ0) is 13.8. The number of rotatable bonds is 3. The van der Waals surface area contributed by atoms with Crippen molar-refractivity contribution in [3.63, 3.8) is 0 Å². The summed E-state index contributed by atoms with van der Waals surface area (Å²) in [5.41, 5.74) is 0. The highest BCUT2D eigenvalue weighted by Crippen LogP contribution is 2.13. The van der Waals surface area contributed by atoms with Crippen LogP contribution in [0.1, 0.15) is 10.6 Å². The van der Waals surface area contributed by atoms with Gasteiger partial charge in [0.25, 0.3) is 5.91 Å². The van der Waals surface area contributed by atoms with E-state index in [9.17, 15) is 9.59 Å². The number of carbonyl (C=O) groups is 2. The van der Waals surface area contributed by atoms with Crippen LogP contribution in [0.15, 0.2) is 21.2 Å². The van der Waals surface area contributed by atoms with E-state index in [1.54, 1.807) is 17.0 Å². The molecule has 6 nitrogen and oxygen atoms in total. The van der Waals surface area contributed by atoms with Crippen LogP contribution in [-0.4, -0.2) is 61.4 Å². The molecule has 104 valence electrons. The normalized spacial score (nSPS) is 16.4. The van der Waals surface area contributed by atoms with Crippen LogP contribution in [0, 0.1) is 0 Å².